The molecule has 0 bridgehead atoms. The molecule has 1 aliphatic rings. The maximum absolute atomic E-state index is 13.0. The molecule has 2 aromatic rings. The summed E-state index contributed by atoms with van der Waals surface area (Å²) in [4.78, 5) is 9.03. The zero-order chi connectivity index (χ0) is 15.5. The lowest BCUT2D eigenvalue weighted by molar-refractivity contribution is 0.164. The summed E-state index contributed by atoms with van der Waals surface area (Å²) in [5.74, 6) is 1.25. The van der Waals surface area contributed by atoms with Crippen LogP contribution < -0.4 is 4.90 Å². The van der Waals surface area contributed by atoms with E-state index in [0.717, 1.165) is 44.1 Å². The number of anilines is 1. The van der Waals surface area contributed by atoms with Crippen LogP contribution in [-0.2, 0) is 6.42 Å². The molecule has 1 aromatic carbocycles. The van der Waals surface area contributed by atoms with E-state index in [9.17, 15) is 4.39 Å². The number of rotatable bonds is 4. The zero-order valence-corrected chi connectivity index (χ0v) is 13.0. The molecular weight excluding hydrogens is 283 g/mol. The van der Waals surface area contributed by atoms with E-state index in [-0.39, 0.29) is 11.9 Å². The van der Waals surface area contributed by atoms with Crippen molar-refractivity contribution < 1.29 is 8.91 Å². The van der Waals surface area contributed by atoms with Gasteiger partial charge in [0.2, 0.25) is 5.89 Å². The molecule has 1 aromatic heterocycles. The Hall–Kier alpha value is -1.95. The fraction of sp³-hybridized carbons (Fsp3) is 0.500. The Labute approximate surface area is 129 Å². The Morgan fingerprint density at radius 2 is 1.86 bits per heavy atom. The molecule has 0 N–H and O–H groups in total. The zero-order valence-electron chi connectivity index (χ0n) is 13.0. The second kappa shape index (κ2) is 6.44. The summed E-state index contributed by atoms with van der Waals surface area (Å²) in [5.41, 5.74) is 1.07. The Kier molecular flexibility index (Phi) is 4.38. The van der Waals surface area contributed by atoms with Gasteiger partial charge in [-0.15, -0.1) is 0 Å². The first-order chi connectivity index (χ1) is 10.7. The summed E-state index contributed by atoms with van der Waals surface area (Å²) in [7, 11) is 0. The second-order valence-corrected chi connectivity index (χ2v) is 5.58. The molecule has 0 aliphatic carbocycles. The van der Waals surface area contributed by atoms with Crippen molar-refractivity contribution in [2.45, 2.75) is 26.3 Å². The van der Waals surface area contributed by atoms with Gasteiger partial charge in [0, 0.05) is 38.3 Å². The van der Waals surface area contributed by atoms with Gasteiger partial charge in [-0.3, -0.25) is 4.90 Å². The van der Waals surface area contributed by atoms with E-state index in [1.54, 1.807) is 0 Å². The lowest BCUT2D eigenvalue weighted by atomic mass is 10.2. The number of hydrogen-bond donors (Lipinski definition) is 0. The van der Waals surface area contributed by atoms with Crippen LogP contribution in [0.3, 0.4) is 0 Å². The highest BCUT2D eigenvalue weighted by atomic mass is 19.1. The molecule has 0 amide bonds. The second-order valence-electron chi connectivity index (χ2n) is 5.58. The highest BCUT2D eigenvalue weighted by molar-refractivity contribution is 5.46. The van der Waals surface area contributed by atoms with Crippen molar-refractivity contribution in [3.63, 3.8) is 0 Å². The lowest BCUT2D eigenvalue weighted by Gasteiger charge is -2.38. The number of benzene rings is 1. The molecule has 1 aliphatic heterocycles. The molecule has 1 saturated heterocycles. The summed E-state index contributed by atoms with van der Waals surface area (Å²) >= 11 is 0. The molecule has 3 rings (SSSR count). The quantitative estimate of drug-likeness (QED) is 0.869. The maximum Gasteiger partial charge on any atom is 0.243 e. The molecule has 22 heavy (non-hydrogen) atoms. The molecule has 1 unspecified atom stereocenters. The molecule has 1 atom stereocenters. The van der Waals surface area contributed by atoms with Crippen LogP contribution in [0.5, 0.6) is 0 Å². The van der Waals surface area contributed by atoms with Gasteiger partial charge in [0.15, 0.2) is 5.82 Å². The van der Waals surface area contributed by atoms with Gasteiger partial charge in [0.1, 0.15) is 5.82 Å². The average Bonchev–Trinajstić information content (AvgIpc) is 3.04. The van der Waals surface area contributed by atoms with Crippen molar-refractivity contribution in [2.75, 3.05) is 31.1 Å². The highest BCUT2D eigenvalue weighted by Gasteiger charge is 2.25. The van der Waals surface area contributed by atoms with E-state index in [1.807, 2.05) is 19.1 Å². The summed E-state index contributed by atoms with van der Waals surface area (Å²) in [6, 6.07) is 6.81. The van der Waals surface area contributed by atoms with E-state index in [0.29, 0.717) is 5.89 Å². The summed E-state index contributed by atoms with van der Waals surface area (Å²) in [5, 5.41) is 3.96. The van der Waals surface area contributed by atoms with Crippen molar-refractivity contribution in [2.24, 2.45) is 0 Å². The van der Waals surface area contributed by atoms with Crippen LogP contribution in [0.1, 0.15) is 31.6 Å². The van der Waals surface area contributed by atoms with Crippen LogP contribution in [0.2, 0.25) is 0 Å². The number of aryl methyl sites for hydroxylation is 1. The van der Waals surface area contributed by atoms with Gasteiger partial charge < -0.3 is 9.42 Å². The van der Waals surface area contributed by atoms with Gasteiger partial charge in [0.25, 0.3) is 0 Å². The molecule has 6 heteroatoms. The third kappa shape index (κ3) is 3.11. The van der Waals surface area contributed by atoms with Crippen molar-refractivity contribution in [1.29, 1.82) is 0 Å². The smallest absolute Gasteiger partial charge is 0.243 e. The average molecular weight is 304 g/mol. The minimum absolute atomic E-state index is 0.128. The Morgan fingerprint density at radius 3 is 2.45 bits per heavy atom. The largest absolute Gasteiger partial charge is 0.369 e. The van der Waals surface area contributed by atoms with Gasteiger partial charge in [-0.05, 0) is 31.2 Å². The molecule has 5 nitrogen and oxygen atoms in total. The van der Waals surface area contributed by atoms with Gasteiger partial charge in [-0.1, -0.05) is 12.1 Å². The number of halogens is 1. The third-order valence-electron chi connectivity index (χ3n) is 4.21. The standard InChI is InChI=1S/C16H21FN4O/c1-3-15-18-16(22-19-15)12(2)20-8-10-21(11-9-20)14-6-4-13(17)5-7-14/h4-7,12H,3,8-11H2,1-2H3. The van der Waals surface area contributed by atoms with Gasteiger partial charge in [0.05, 0.1) is 6.04 Å². The van der Waals surface area contributed by atoms with Crippen molar-refractivity contribution in [3.8, 4) is 0 Å². The topological polar surface area (TPSA) is 45.4 Å². The van der Waals surface area contributed by atoms with Crippen LogP contribution in [0.25, 0.3) is 0 Å². The normalized spacial score (nSPS) is 17.7. The first kappa shape index (κ1) is 15.0. The minimum atomic E-state index is -0.195. The van der Waals surface area contributed by atoms with Gasteiger partial charge in [-0.2, -0.15) is 4.98 Å². The van der Waals surface area contributed by atoms with Crippen molar-refractivity contribution in [1.82, 2.24) is 15.0 Å². The number of piperazine rings is 1. The van der Waals surface area contributed by atoms with Gasteiger partial charge >= 0.3 is 0 Å². The predicted octanol–water partition coefficient (Wildman–Crippen LogP) is 2.65. The number of nitrogens with zero attached hydrogens (tertiary/aromatic N) is 4. The number of aromatic nitrogens is 2. The Balaban J connectivity index is 1.60. The molecular formula is C16H21FN4O. The van der Waals surface area contributed by atoms with Crippen LogP contribution in [0.15, 0.2) is 28.8 Å². The third-order valence-corrected chi connectivity index (χ3v) is 4.21. The van der Waals surface area contributed by atoms with Crippen molar-refractivity contribution in [3.05, 3.63) is 41.8 Å². The van der Waals surface area contributed by atoms with Crippen LogP contribution in [-0.4, -0.2) is 41.2 Å². The predicted molar refractivity (Wildman–Crippen MR) is 82.3 cm³/mol. The highest BCUT2D eigenvalue weighted by Crippen LogP contribution is 2.23. The van der Waals surface area contributed by atoms with E-state index in [1.165, 1.54) is 12.1 Å². The molecule has 0 spiro atoms. The monoisotopic (exact) mass is 304 g/mol. The Bertz CT molecular complexity index is 605. The first-order valence-electron chi connectivity index (χ1n) is 7.74. The number of hydrogen-bond acceptors (Lipinski definition) is 5. The Morgan fingerprint density at radius 1 is 1.18 bits per heavy atom. The first-order valence-corrected chi connectivity index (χ1v) is 7.74. The van der Waals surface area contributed by atoms with E-state index >= 15 is 0 Å². The maximum atomic E-state index is 13.0. The van der Waals surface area contributed by atoms with Crippen LogP contribution >= 0.6 is 0 Å². The molecule has 118 valence electrons. The lowest BCUT2D eigenvalue weighted by Crippen LogP contribution is -2.47. The van der Waals surface area contributed by atoms with Crippen LogP contribution in [0, 0.1) is 5.82 Å². The van der Waals surface area contributed by atoms with E-state index < -0.39 is 0 Å². The minimum Gasteiger partial charge on any atom is -0.369 e. The summed E-state index contributed by atoms with van der Waals surface area (Å²) < 4.78 is 18.3. The van der Waals surface area contributed by atoms with Gasteiger partial charge in [-0.25, -0.2) is 4.39 Å². The van der Waals surface area contributed by atoms with Crippen molar-refractivity contribution >= 4 is 5.69 Å². The molecule has 2 heterocycles. The van der Waals surface area contributed by atoms with Crippen LogP contribution in [0.4, 0.5) is 10.1 Å². The van der Waals surface area contributed by atoms with E-state index in [4.69, 9.17) is 4.52 Å². The SMILES string of the molecule is CCc1noc(C(C)N2CCN(c3ccc(F)cc3)CC2)n1. The van der Waals surface area contributed by atoms with E-state index in [2.05, 4.69) is 26.9 Å². The molecule has 0 saturated carbocycles. The molecule has 1 fully saturated rings. The summed E-state index contributed by atoms with van der Waals surface area (Å²) in [6.45, 7) is 7.77. The summed E-state index contributed by atoms with van der Waals surface area (Å²) in [6.07, 6.45) is 0.786. The molecule has 0 radical (unpaired) electrons. The fourth-order valence-corrected chi connectivity index (χ4v) is 2.76. The fourth-order valence-electron chi connectivity index (χ4n) is 2.76.